The lowest BCUT2D eigenvalue weighted by atomic mass is 10.2. The Labute approximate surface area is 107 Å². The van der Waals surface area contributed by atoms with Crippen molar-refractivity contribution in [2.45, 2.75) is 13.1 Å². The highest BCUT2D eigenvalue weighted by Gasteiger charge is 2.01. The van der Waals surface area contributed by atoms with Gasteiger partial charge in [0.1, 0.15) is 6.26 Å². The molecule has 1 aromatic carbocycles. The minimum absolute atomic E-state index is 0.676. The van der Waals surface area contributed by atoms with E-state index in [0.29, 0.717) is 6.54 Å². The molecule has 84 valence electrons. The van der Waals surface area contributed by atoms with Gasteiger partial charge in [-0.3, -0.25) is 0 Å². The fraction of sp³-hybridized carbons (Fsp3) is 0.182. The summed E-state index contributed by atoms with van der Waals surface area (Å²) in [5.74, 6) is 0. The van der Waals surface area contributed by atoms with Crippen LogP contribution in [-0.2, 0) is 13.1 Å². The number of halogens is 2. The summed E-state index contributed by atoms with van der Waals surface area (Å²) in [6.45, 7) is 1.41. The van der Waals surface area contributed by atoms with Crippen LogP contribution in [0, 0.1) is 0 Å². The van der Waals surface area contributed by atoms with Gasteiger partial charge < -0.3 is 9.84 Å². The Bertz CT molecular complexity index is 459. The van der Waals surface area contributed by atoms with Crippen LogP contribution in [0.4, 0.5) is 0 Å². The quantitative estimate of drug-likeness (QED) is 0.941. The van der Waals surface area contributed by atoms with Gasteiger partial charge in [-0.05, 0) is 23.8 Å². The van der Waals surface area contributed by atoms with Crippen molar-refractivity contribution in [3.05, 3.63) is 51.3 Å². The van der Waals surface area contributed by atoms with Crippen molar-refractivity contribution in [2.24, 2.45) is 0 Å². The largest absolute Gasteiger partial charge is 0.364 e. The van der Waals surface area contributed by atoms with Crippen LogP contribution < -0.4 is 5.32 Å². The number of nitrogens with one attached hydrogen (secondary N) is 1. The van der Waals surface area contributed by atoms with E-state index in [0.717, 1.165) is 27.3 Å². The van der Waals surface area contributed by atoms with Gasteiger partial charge in [0.05, 0.1) is 5.69 Å². The Morgan fingerprint density at radius 3 is 2.94 bits per heavy atom. The van der Waals surface area contributed by atoms with Gasteiger partial charge in [-0.25, -0.2) is 0 Å². The molecule has 1 heterocycles. The average Bonchev–Trinajstić information content (AvgIpc) is 2.76. The molecule has 0 atom stereocenters. The Morgan fingerprint density at radius 1 is 1.31 bits per heavy atom. The molecule has 0 unspecified atom stereocenters. The third-order valence-electron chi connectivity index (χ3n) is 2.12. The topological polar surface area (TPSA) is 38.1 Å². The van der Waals surface area contributed by atoms with Gasteiger partial charge >= 0.3 is 0 Å². The molecule has 0 spiro atoms. The average molecular weight is 302 g/mol. The molecular weight excluding hydrogens is 291 g/mol. The van der Waals surface area contributed by atoms with Crippen molar-refractivity contribution in [3.8, 4) is 0 Å². The number of rotatable bonds is 4. The van der Waals surface area contributed by atoms with Crippen molar-refractivity contribution < 1.29 is 4.52 Å². The van der Waals surface area contributed by atoms with E-state index in [9.17, 15) is 0 Å². The zero-order valence-corrected chi connectivity index (χ0v) is 10.8. The summed E-state index contributed by atoms with van der Waals surface area (Å²) < 4.78 is 5.79. The second-order valence-corrected chi connectivity index (χ2v) is 4.62. The van der Waals surface area contributed by atoms with Gasteiger partial charge in [-0.1, -0.05) is 32.7 Å². The van der Waals surface area contributed by atoms with Crippen molar-refractivity contribution in [1.29, 1.82) is 0 Å². The van der Waals surface area contributed by atoms with E-state index >= 15 is 0 Å². The van der Waals surface area contributed by atoms with Crippen molar-refractivity contribution in [2.75, 3.05) is 0 Å². The summed E-state index contributed by atoms with van der Waals surface area (Å²) in [5, 5.41) is 7.81. The summed E-state index contributed by atoms with van der Waals surface area (Å²) in [5.41, 5.74) is 2.01. The normalized spacial score (nSPS) is 10.6. The van der Waals surface area contributed by atoms with E-state index in [1.165, 1.54) is 0 Å². The molecule has 0 aliphatic carbocycles. The highest BCUT2D eigenvalue weighted by molar-refractivity contribution is 9.10. The molecule has 1 aromatic heterocycles. The smallest absolute Gasteiger partial charge is 0.124 e. The summed E-state index contributed by atoms with van der Waals surface area (Å²) in [6, 6.07) is 7.56. The monoisotopic (exact) mass is 300 g/mol. The van der Waals surface area contributed by atoms with Crippen LogP contribution in [0.25, 0.3) is 0 Å². The first-order chi connectivity index (χ1) is 7.75. The molecule has 0 fully saturated rings. The van der Waals surface area contributed by atoms with Gasteiger partial charge in [0.15, 0.2) is 0 Å². The molecule has 0 aliphatic heterocycles. The van der Waals surface area contributed by atoms with Gasteiger partial charge in [0.25, 0.3) is 0 Å². The van der Waals surface area contributed by atoms with Crippen LogP contribution in [0.5, 0.6) is 0 Å². The highest BCUT2D eigenvalue weighted by atomic mass is 79.9. The molecule has 16 heavy (non-hydrogen) atoms. The lowest BCUT2D eigenvalue weighted by Crippen LogP contribution is -2.13. The van der Waals surface area contributed by atoms with Gasteiger partial charge in [-0.2, -0.15) is 0 Å². The second-order valence-electron chi connectivity index (χ2n) is 3.33. The molecule has 0 saturated heterocycles. The SMILES string of the molecule is Clc1ccc(Br)c(CNCc2ccon2)c1. The maximum atomic E-state index is 5.92. The van der Waals surface area contributed by atoms with Crippen LogP contribution >= 0.6 is 27.5 Å². The van der Waals surface area contributed by atoms with Crippen LogP contribution in [0.1, 0.15) is 11.3 Å². The van der Waals surface area contributed by atoms with Gasteiger partial charge in [0, 0.05) is 28.7 Å². The number of hydrogen-bond donors (Lipinski definition) is 1. The molecule has 0 aliphatic rings. The molecule has 1 N–H and O–H groups in total. The Balaban J connectivity index is 1.92. The fourth-order valence-electron chi connectivity index (χ4n) is 1.33. The molecule has 0 radical (unpaired) electrons. The summed E-state index contributed by atoms with van der Waals surface area (Å²) >= 11 is 9.40. The predicted octanol–water partition coefficient (Wildman–Crippen LogP) is 3.38. The standard InChI is InChI=1S/C11H10BrClN2O/c12-11-2-1-9(13)5-8(11)6-14-7-10-3-4-16-15-10/h1-5,14H,6-7H2. The molecule has 0 bridgehead atoms. The van der Waals surface area contributed by atoms with Crippen molar-refractivity contribution >= 4 is 27.5 Å². The minimum Gasteiger partial charge on any atom is -0.364 e. The zero-order valence-electron chi connectivity index (χ0n) is 8.41. The van der Waals surface area contributed by atoms with E-state index in [1.807, 2.05) is 24.3 Å². The number of aromatic nitrogens is 1. The van der Waals surface area contributed by atoms with Gasteiger partial charge in [-0.15, -0.1) is 0 Å². The highest BCUT2D eigenvalue weighted by Crippen LogP contribution is 2.20. The van der Waals surface area contributed by atoms with Crippen LogP contribution in [0.15, 0.2) is 39.5 Å². The molecule has 2 rings (SSSR count). The molecule has 3 nitrogen and oxygen atoms in total. The molecule has 5 heteroatoms. The second kappa shape index (κ2) is 5.48. The number of hydrogen-bond acceptors (Lipinski definition) is 3. The van der Waals surface area contributed by atoms with Crippen LogP contribution in [-0.4, -0.2) is 5.16 Å². The molecular formula is C11H10BrClN2O. The Kier molecular flexibility index (Phi) is 3.98. The third-order valence-corrected chi connectivity index (χ3v) is 3.13. The first-order valence-corrected chi connectivity index (χ1v) is 5.97. The lowest BCUT2D eigenvalue weighted by Gasteiger charge is -2.05. The molecule has 2 aromatic rings. The first kappa shape index (κ1) is 11.6. The minimum atomic E-state index is 0.676. The molecule has 0 saturated carbocycles. The van der Waals surface area contributed by atoms with E-state index in [4.69, 9.17) is 16.1 Å². The Hall–Kier alpha value is -0.840. The summed E-state index contributed by atoms with van der Waals surface area (Å²) in [4.78, 5) is 0. The van der Waals surface area contributed by atoms with Crippen molar-refractivity contribution in [3.63, 3.8) is 0 Å². The Morgan fingerprint density at radius 2 is 2.19 bits per heavy atom. The maximum Gasteiger partial charge on any atom is 0.124 e. The van der Waals surface area contributed by atoms with Crippen LogP contribution in [0.3, 0.4) is 0 Å². The lowest BCUT2D eigenvalue weighted by molar-refractivity contribution is 0.408. The van der Waals surface area contributed by atoms with E-state index in [1.54, 1.807) is 6.26 Å². The summed E-state index contributed by atoms with van der Waals surface area (Å²) in [7, 11) is 0. The molecule has 0 amide bonds. The summed E-state index contributed by atoms with van der Waals surface area (Å²) in [6.07, 6.45) is 1.56. The fourth-order valence-corrected chi connectivity index (χ4v) is 1.91. The third kappa shape index (κ3) is 3.07. The van der Waals surface area contributed by atoms with Gasteiger partial charge in [0.2, 0.25) is 0 Å². The number of nitrogens with zero attached hydrogens (tertiary/aromatic N) is 1. The van der Waals surface area contributed by atoms with E-state index in [-0.39, 0.29) is 0 Å². The first-order valence-electron chi connectivity index (χ1n) is 4.79. The zero-order chi connectivity index (χ0) is 11.4. The number of benzene rings is 1. The van der Waals surface area contributed by atoms with E-state index < -0.39 is 0 Å². The van der Waals surface area contributed by atoms with Crippen LogP contribution in [0.2, 0.25) is 5.02 Å². The maximum absolute atomic E-state index is 5.92. The van der Waals surface area contributed by atoms with E-state index in [2.05, 4.69) is 26.4 Å². The van der Waals surface area contributed by atoms with Crippen molar-refractivity contribution in [1.82, 2.24) is 10.5 Å². The predicted molar refractivity (Wildman–Crippen MR) is 66.2 cm³/mol.